The van der Waals surface area contributed by atoms with Crippen LogP contribution in [0.5, 0.6) is 0 Å². The predicted octanol–water partition coefficient (Wildman–Crippen LogP) is 3.42. The number of rotatable bonds is 3. The van der Waals surface area contributed by atoms with Crippen LogP contribution in [-0.2, 0) is 4.79 Å². The van der Waals surface area contributed by atoms with E-state index in [9.17, 15) is 13.2 Å². The Morgan fingerprint density at radius 2 is 1.59 bits per heavy atom. The second-order valence-electron chi connectivity index (χ2n) is 6.42. The lowest BCUT2D eigenvalue weighted by atomic mass is 10.1. The van der Waals surface area contributed by atoms with E-state index >= 15 is 0 Å². The molecule has 0 aromatic carbocycles. The maximum atomic E-state index is 10.4. The number of aromatic nitrogens is 2. The first kappa shape index (κ1) is 20.8. The van der Waals surface area contributed by atoms with Crippen LogP contribution >= 0.6 is 0 Å². The first-order valence-corrected chi connectivity index (χ1v) is 8.68. The molecule has 5 nitrogen and oxygen atoms in total. The number of carbonyl (C=O) groups excluding carboxylic acids is 1. The smallest absolute Gasteiger partial charge is 0.354 e. The molecule has 27 heavy (non-hydrogen) atoms. The van der Waals surface area contributed by atoms with Crippen molar-refractivity contribution in [1.29, 1.82) is 0 Å². The van der Waals surface area contributed by atoms with Gasteiger partial charge < -0.3 is 4.90 Å². The van der Waals surface area contributed by atoms with E-state index in [2.05, 4.69) is 45.7 Å². The lowest BCUT2D eigenvalue weighted by molar-refractivity contribution is -0.156. The second-order valence-corrected chi connectivity index (χ2v) is 6.42. The van der Waals surface area contributed by atoms with Crippen LogP contribution in [0.15, 0.2) is 42.9 Å². The van der Waals surface area contributed by atoms with E-state index < -0.39 is 12.5 Å². The Balaban J connectivity index is 0.000000380. The van der Waals surface area contributed by atoms with Gasteiger partial charge in [-0.2, -0.15) is 13.2 Å². The van der Waals surface area contributed by atoms with Gasteiger partial charge in [0.2, 0.25) is 6.29 Å². The molecular formula is C19H23F3N4O. The van der Waals surface area contributed by atoms with Gasteiger partial charge >= 0.3 is 6.18 Å². The number of alkyl halides is 3. The zero-order chi connectivity index (χ0) is 19.9. The van der Waals surface area contributed by atoms with Crippen molar-refractivity contribution in [3.8, 4) is 11.1 Å². The summed E-state index contributed by atoms with van der Waals surface area (Å²) in [6.07, 6.45) is -0.116. The third kappa shape index (κ3) is 6.63. The minimum atomic E-state index is -4.64. The summed E-state index contributed by atoms with van der Waals surface area (Å²) in [4.78, 5) is 22.3. The summed E-state index contributed by atoms with van der Waals surface area (Å²) in [6, 6.07) is 8.93. The zero-order valence-corrected chi connectivity index (χ0v) is 15.4. The number of carbonyl (C=O) groups is 1. The van der Waals surface area contributed by atoms with Crippen molar-refractivity contribution in [3.63, 3.8) is 0 Å². The van der Waals surface area contributed by atoms with Gasteiger partial charge in [0.15, 0.2) is 0 Å². The summed E-state index contributed by atoms with van der Waals surface area (Å²) in [5.74, 6) is 1.08. The maximum Gasteiger partial charge on any atom is 0.446 e. The lowest BCUT2D eigenvalue weighted by Gasteiger charge is -2.37. The van der Waals surface area contributed by atoms with E-state index in [1.807, 2.05) is 30.7 Å². The van der Waals surface area contributed by atoms with Crippen LogP contribution < -0.4 is 4.90 Å². The molecule has 0 N–H and O–H groups in total. The molecule has 1 saturated heterocycles. The highest BCUT2D eigenvalue weighted by Crippen LogP contribution is 2.21. The molecule has 1 fully saturated rings. The van der Waals surface area contributed by atoms with E-state index in [4.69, 9.17) is 4.79 Å². The molecule has 2 aromatic rings. The molecule has 0 spiro atoms. The number of hydrogen-bond acceptors (Lipinski definition) is 5. The second kappa shape index (κ2) is 9.45. The summed E-state index contributed by atoms with van der Waals surface area (Å²) < 4.78 is 31.2. The van der Waals surface area contributed by atoms with Crippen LogP contribution in [0.4, 0.5) is 19.0 Å². The molecule has 0 aliphatic carbocycles. The van der Waals surface area contributed by atoms with Gasteiger partial charge in [-0.3, -0.25) is 14.7 Å². The van der Waals surface area contributed by atoms with Crippen molar-refractivity contribution < 1.29 is 18.0 Å². The van der Waals surface area contributed by atoms with E-state index in [1.165, 1.54) is 0 Å². The maximum absolute atomic E-state index is 10.4. The highest BCUT2D eigenvalue weighted by atomic mass is 19.4. The monoisotopic (exact) mass is 380 g/mol. The van der Waals surface area contributed by atoms with Crippen LogP contribution in [0.3, 0.4) is 0 Å². The number of piperazine rings is 1. The number of aldehydes is 1. The topological polar surface area (TPSA) is 49.3 Å². The fraction of sp³-hybridized carbons (Fsp3) is 0.421. The van der Waals surface area contributed by atoms with E-state index in [0.29, 0.717) is 6.04 Å². The van der Waals surface area contributed by atoms with Crippen molar-refractivity contribution in [1.82, 2.24) is 14.9 Å². The number of hydrogen-bond donors (Lipinski definition) is 0. The van der Waals surface area contributed by atoms with Gasteiger partial charge in [0.05, 0.1) is 0 Å². The Morgan fingerprint density at radius 3 is 2.04 bits per heavy atom. The molecule has 1 aliphatic rings. The molecular weight excluding hydrogens is 357 g/mol. The molecule has 0 radical (unpaired) electrons. The third-order valence-electron chi connectivity index (χ3n) is 4.26. The Hall–Kier alpha value is -2.48. The molecule has 146 valence electrons. The highest BCUT2D eigenvalue weighted by Gasteiger charge is 2.25. The van der Waals surface area contributed by atoms with Crippen LogP contribution in [-0.4, -0.2) is 59.6 Å². The van der Waals surface area contributed by atoms with Gasteiger partial charge in [-0.05, 0) is 43.7 Å². The van der Waals surface area contributed by atoms with E-state index in [-0.39, 0.29) is 0 Å². The van der Waals surface area contributed by atoms with Crippen molar-refractivity contribution in [2.24, 2.45) is 0 Å². The number of pyridine rings is 2. The normalized spacial score (nSPS) is 15.3. The van der Waals surface area contributed by atoms with Gasteiger partial charge in [-0.15, -0.1) is 0 Å². The van der Waals surface area contributed by atoms with Crippen LogP contribution in [0.1, 0.15) is 13.8 Å². The minimum absolute atomic E-state index is 0.633. The molecule has 8 heteroatoms. The molecule has 0 saturated carbocycles. The molecule has 1 aliphatic heterocycles. The fourth-order valence-electron chi connectivity index (χ4n) is 2.76. The predicted molar refractivity (Wildman–Crippen MR) is 98.5 cm³/mol. The average Bonchev–Trinajstić information content (AvgIpc) is 2.69. The molecule has 0 atom stereocenters. The molecule has 0 bridgehead atoms. The number of nitrogens with zero attached hydrogens (tertiary/aromatic N) is 4. The Morgan fingerprint density at radius 1 is 1.00 bits per heavy atom. The van der Waals surface area contributed by atoms with Gasteiger partial charge in [-0.1, -0.05) is 0 Å². The van der Waals surface area contributed by atoms with Crippen molar-refractivity contribution in [2.75, 3.05) is 31.1 Å². The molecule has 3 heterocycles. The van der Waals surface area contributed by atoms with E-state index in [1.54, 1.807) is 0 Å². The van der Waals surface area contributed by atoms with Crippen molar-refractivity contribution in [2.45, 2.75) is 26.1 Å². The van der Waals surface area contributed by atoms with Crippen molar-refractivity contribution in [3.05, 3.63) is 42.9 Å². The summed E-state index contributed by atoms with van der Waals surface area (Å²) in [7, 11) is 0. The standard InChI is InChI=1S/C17H22N4.C2HF3O/c1-14(2)20-9-11-21(12-10-20)17-4-3-16(13-19-17)15-5-7-18-8-6-15;3-2(4,5)1-6/h3-8,13-14H,9-12H2,1-2H3;1H. The van der Waals surface area contributed by atoms with Gasteiger partial charge in [0.1, 0.15) is 5.82 Å². The van der Waals surface area contributed by atoms with Gasteiger partial charge in [0.25, 0.3) is 0 Å². The third-order valence-corrected chi connectivity index (χ3v) is 4.26. The Kier molecular flexibility index (Phi) is 7.29. The zero-order valence-electron chi connectivity index (χ0n) is 15.4. The quantitative estimate of drug-likeness (QED) is 0.764. The van der Waals surface area contributed by atoms with Crippen LogP contribution in [0.2, 0.25) is 0 Å². The fourth-order valence-corrected chi connectivity index (χ4v) is 2.76. The summed E-state index contributed by atoms with van der Waals surface area (Å²) in [5.41, 5.74) is 2.30. The number of halogens is 3. The highest BCUT2D eigenvalue weighted by molar-refractivity contribution is 5.63. The van der Waals surface area contributed by atoms with Crippen LogP contribution in [0.25, 0.3) is 11.1 Å². The first-order chi connectivity index (χ1) is 12.8. The SMILES string of the molecule is CC(C)N1CCN(c2ccc(-c3ccncc3)cn2)CC1.O=CC(F)(F)F. The summed E-state index contributed by atoms with van der Waals surface area (Å²) >= 11 is 0. The van der Waals surface area contributed by atoms with Gasteiger partial charge in [-0.25, -0.2) is 4.98 Å². The summed E-state index contributed by atoms with van der Waals surface area (Å²) in [5, 5.41) is 0. The Labute approximate surface area is 156 Å². The minimum Gasteiger partial charge on any atom is -0.354 e. The largest absolute Gasteiger partial charge is 0.446 e. The van der Waals surface area contributed by atoms with Crippen LogP contribution in [0, 0.1) is 0 Å². The van der Waals surface area contributed by atoms with Crippen molar-refractivity contribution >= 4 is 12.1 Å². The summed E-state index contributed by atoms with van der Waals surface area (Å²) in [6.45, 7) is 8.87. The van der Waals surface area contributed by atoms with E-state index in [0.717, 1.165) is 43.1 Å². The molecule has 3 rings (SSSR count). The van der Waals surface area contributed by atoms with Gasteiger partial charge in [0, 0.05) is 56.4 Å². The first-order valence-electron chi connectivity index (χ1n) is 8.68. The lowest BCUT2D eigenvalue weighted by Crippen LogP contribution is -2.49. The molecule has 2 aromatic heterocycles. The Bertz CT molecular complexity index is 697. The number of anilines is 1. The molecule has 0 amide bonds. The molecule has 0 unspecified atom stereocenters. The average molecular weight is 380 g/mol.